The Morgan fingerprint density at radius 3 is 2.56 bits per heavy atom. The van der Waals surface area contributed by atoms with Gasteiger partial charge in [-0.2, -0.15) is 11.8 Å². The molecule has 0 aromatic heterocycles. The Balaban J connectivity index is 2.14. The summed E-state index contributed by atoms with van der Waals surface area (Å²) in [7, 11) is 0. The first kappa shape index (κ1) is 12.3. The van der Waals surface area contributed by atoms with Crippen LogP contribution >= 0.6 is 27.7 Å². The molecule has 0 spiro atoms. The average Bonchev–Trinajstić information content (AvgIpc) is 2.25. The molecule has 0 aliphatic carbocycles. The fraction of sp³-hybridized carbons (Fsp3) is 0.538. The standard InChI is InChI=1S/C13H18BrNS/c1-9-7-10(2)13(12(14)8-9)15-11-3-5-16-6-4-11/h7-8,11,15H,3-6H2,1-2H3. The molecule has 0 bridgehead atoms. The number of benzene rings is 1. The smallest absolute Gasteiger partial charge is 0.0516 e. The second kappa shape index (κ2) is 5.46. The molecule has 1 aliphatic rings. The van der Waals surface area contributed by atoms with Crippen LogP contribution in [0, 0.1) is 13.8 Å². The predicted octanol–water partition coefficient (Wildman–Crippen LogP) is 4.37. The van der Waals surface area contributed by atoms with E-state index in [1.54, 1.807) is 0 Å². The van der Waals surface area contributed by atoms with Gasteiger partial charge in [0.15, 0.2) is 0 Å². The maximum absolute atomic E-state index is 3.68. The van der Waals surface area contributed by atoms with Crippen LogP contribution in [-0.4, -0.2) is 17.5 Å². The van der Waals surface area contributed by atoms with Gasteiger partial charge in [-0.25, -0.2) is 0 Å². The van der Waals surface area contributed by atoms with E-state index in [-0.39, 0.29) is 0 Å². The van der Waals surface area contributed by atoms with Crippen LogP contribution in [-0.2, 0) is 0 Å². The third kappa shape index (κ3) is 2.95. The van der Waals surface area contributed by atoms with Gasteiger partial charge >= 0.3 is 0 Å². The fourth-order valence-electron chi connectivity index (χ4n) is 2.14. The summed E-state index contributed by atoms with van der Waals surface area (Å²) < 4.78 is 1.20. The van der Waals surface area contributed by atoms with Crippen LogP contribution in [0.4, 0.5) is 5.69 Å². The molecule has 3 heteroatoms. The molecule has 0 unspecified atom stereocenters. The van der Waals surface area contributed by atoms with E-state index in [0.717, 1.165) is 0 Å². The highest BCUT2D eigenvalue weighted by molar-refractivity contribution is 9.10. The van der Waals surface area contributed by atoms with Gasteiger partial charge in [-0.05, 0) is 71.3 Å². The van der Waals surface area contributed by atoms with Gasteiger partial charge in [-0.1, -0.05) is 6.07 Å². The second-order valence-electron chi connectivity index (χ2n) is 4.47. The van der Waals surface area contributed by atoms with Crippen molar-refractivity contribution in [3.8, 4) is 0 Å². The molecule has 1 heterocycles. The van der Waals surface area contributed by atoms with Crippen LogP contribution in [0.5, 0.6) is 0 Å². The number of rotatable bonds is 2. The van der Waals surface area contributed by atoms with E-state index in [4.69, 9.17) is 0 Å². The van der Waals surface area contributed by atoms with Crippen LogP contribution in [0.2, 0.25) is 0 Å². The highest BCUT2D eigenvalue weighted by Crippen LogP contribution is 2.30. The SMILES string of the molecule is Cc1cc(C)c(NC2CCSCC2)c(Br)c1. The molecule has 16 heavy (non-hydrogen) atoms. The van der Waals surface area contributed by atoms with Crippen molar-refractivity contribution in [2.75, 3.05) is 16.8 Å². The van der Waals surface area contributed by atoms with Gasteiger partial charge < -0.3 is 5.32 Å². The second-order valence-corrected chi connectivity index (χ2v) is 6.55. The van der Waals surface area contributed by atoms with Gasteiger partial charge in [0.05, 0.1) is 5.69 Å². The quantitative estimate of drug-likeness (QED) is 0.870. The Bertz CT molecular complexity index is 349. The minimum absolute atomic E-state index is 0.652. The Morgan fingerprint density at radius 1 is 1.25 bits per heavy atom. The summed E-state index contributed by atoms with van der Waals surface area (Å²) in [5.74, 6) is 2.58. The van der Waals surface area contributed by atoms with Crippen molar-refractivity contribution in [2.45, 2.75) is 32.7 Å². The van der Waals surface area contributed by atoms with E-state index < -0.39 is 0 Å². The van der Waals surface area contributed by atoms with Crippen molar-refractivity contribution in [3.05, 3.63) is 27.7 Å². The number of halogens is 1. The molecular formula is C13H18BrNS. The summed E-state index contributed by atoms with van der Waals surface area (Å²) in [5, 5.41) is 3.68. The number of anilines is 1. The zero-order valence-corrected chi connectivity index (χ0v) is 12.2. The topological polar surface area (TPSA) is 12.0 Å². The van der Waals surface area contributed by atoms with Gasteiger partial charge in [0.1, 0.15) is 0 Å². The molecule has 1 aromatic rings. The molecule has 0 atom stereocenters. The van der Waals surface area contributed by atoms with Crippen molar-refractivity contribution in [2.24, 2.45) is 0 Å². The fourth-order valence-corrected chi connectivity index (χ4v) is 4.04. The van der Waals surface area contributed by atoms with Gasteiger partial charge in [0.25, 0.3) is 0 Å². The molecule has 88 valence electrons. The first-order valence-electron chi connectivity index (χ1n) is 5.78. The lowest BCUT2D eigenvalue weighted by molar-refractivity contribution is 0.666. The Kier molecular flexibility index (Phi) is 4.20. The molecule has 0 radical (unpaired) electrons. The number of nitrogens with one attached hydrogen (secondary N) is 1. The largest absolute Gasteiger partial charge is 0.381 e. The number of hydrogen-bond acceptors (Lipinski definition) is 2. The first-order chi connectivity index (χ1) is 7.66. The molecule has 2 rings (SSSR count). The minimum Gasteiger partial charge on any atom is -0.381 e. The van der Waals surface area contributed by atoms with Crippen molar-refractivity contribution < 1.29 is 0 Å². The van der Waals surface area contributed by atoms with E-state index >= 15 is 0 Å². The zero-order chi connectivity index (χ0) is 11.5. The van der Waals surface area contributed by atoms with Crippen molar-refractivity contribution in [1.82, 2.24) is 0 Å². The van der Waals surface area contributed by atoms with Crippen LogP contribution in [0.3, 0.4) is 0 Å². The summed E-state index contributed by atoms with van der Waals surface area (Å²) in [6.45, 7) is 4.32. The highest BCUT2D eigenvalue weighted by Gasteiger charge is 2.15. The summed E-state index contributed by atoms with van der Waals surface area (Å²) in [4.78, 5) is 0. The molecule has 1 saturated heterocycles. The molecule has 1 fully saturated rings. The highest BCUT2D eigenvalue weighted by atomic mass is 79.9. The van der Waals surface area contributed by atoms with Crippen LogP contribution in [0.15, 0.2) is 16.6 Å². The van der Waals surface area contributed by atoms with Crippen molar-refractivity contribution in [1.29, 1.82) is 0 Å². The van der Waals surface area contributed by atoms with Gasteiger partial charge in [0, 0.05) is 10.5 Å². The van der Waals surface area contributed by atoms with Gasteiger partial charge in [0.2, 0.25) is 0 Å². The van der Waals surface area contributed by atoms with Crippen LogP contribution < -0.4 is 5.32 Å². The Morgan fingerprint density at radius 2 is 1.94 bits per heavy atom. The van der Waals surface area contributed by atoms with E-state index in [1.807, 2.05) is 0 Å². The van der Waals surface area contributed by atoms with E-state index in [2.05, 4.69) is 59.0 Å². The monoisotopic (exact) mass is 299 g/mol. The third-order valence-corrected chi connectivity index (χ3v) is 4.68. The molecule has 1 aliphatic heterocycles. The van der Waals surface area contributed by atoms with Crippen molar-refractivity contribution >= 4 is 33.4 Å². The molecular weight excluding hydrogens is 282 g/mol. The maximum atomic E-state index is 3.68. The Hall–Kier alpha value is -0.150. The van der Waals surface area contributed by atoms with E-state index in [9.17, 15) is 0 Å². The third-order valence-electron chi connectivity index (χ3n) is 3.00. The maximum Gasteiger partial charge on any atom is 0.0516 e. The summed E-state index contributed by atoms with van der Waals surface area (Å²) in [6, 6.07) is 5.08. The predicted molar refractivity (Wildman–Crippen MR) is 77.6 cm³/mol. The molecule has 1 nitrogen and oxygen atoms in total. The molecule has 0 saturated carbocycles. The lowest BCUT2D eigenvalue weighted by Crippen LogP contribution is -2.25. The van der Waals surface area contributed by atoms with E-state index in [0.29, 0.717) is 6.04 Å². The summed E-state index contributed by atoms with van der Waals surface area (Å²) in [5.41, 5.74) is 3.93. The summed E-state index contributed by atoms with van der Waals surface area (Å²) in [6.07, 6.45) is 2.56. The van der Waals surface area contributed by atoms with Gasteiger partial charge in [-0.3, -0.25) is 0 Å². The van der Waals surface area contributed by atoms with E-state index in [1.165, 1.54) is 45.6 Å². The van der Waals surface area contributed by atoms with Gasteiger partial charge in [-0.15, -0.1) is 0 Å². The number of hydrogen-bond donors (Lipinski definition) is 1. The van der Waals surface area contributed by atoms with Crippen LogP contribution in [0.1, 0.15) is 24.0 Å². The lowest BCUT2D eigenvalue weighted by Gasteiger charge is -2.25. The zero-order valence-electron chi connectivity index (χ0n) is 9.85. The first-order valence-corrected chi connectivity index (χ1v) is 7.72. The normalized spacial score (nSPS) is 17.4. The number of aryl methyl sites for hydroxylation is 2. The summed E-state index contributed by atoms with van der Waals surface area (Å²) >= 11 is 5.73. The molecule has 0 amide bonds. The molecule has 1 aromatic carbocycles. The van der Waals surface area contributed by atoms with Crippen molar-refractivity contribution in [3.63, 3.8) is 0 Å². The average molecular weight is 300 g/mol. The Labute approximate surface area is 111 Å². The van der Waals surface area contributed by atoms with Crippen LogP contribution in [0.25, 0.3) is 0 Å². The molecule has 1 N–H and O–H groups in total. The minimum atomic E-state index is 0.652. The number of thioether (sulfide) groups is 1. The lowest BCUT2D eigenvalue weighted by atomic mass is 10.1.